The van der Waals surface area contributed by atoms with E-state index in [9.17, 15) is 0 Å². The second kappa shape index (κ2) is 7.92. The first kappa shape index (κ1) is 17.8. The summed E-state index contributed by atoms with van der Waals surface area (Å²) in [5.41, 5.74) is 8.21. The molecule has 0 unspecified atom stereocenters. The van der Waals surface area contributed by atoms with Crippen molar-refractivity contribution < 1.29 is 0 Å². The van der Waals surface area contributed by atoms with Crippen LogP contribution in [0.1, 0.15) is 22.3 Å². The Morgan fingerprint density at radius 1 is 0.808 bits per heavy atom. The third-order valence-electron chi connectivity index (χ3n) is 4.58. The van der Waals surface area contributed by atoms with E-state index in [1.165, 1.54) is 16.8 Å². The molecule has 3 rings (SSSR count). The topological polar surface area (TPSA) is 15.3 Å². The zero-order valence-electron chi connectivity index (χ0n) is 15.8. The lowest BCUT2D eigenvalue weighted by molar-refractivity contribution is 1.13. The zero-order chi connectivity index (χ0) is 18.5. The smallest absolute Gasteiger partial charge is 0.0400 e. The Kier molecular flexibility index (Phi) is 5.43. The van der Waals surface area contributed by atoms with Gasteiger partial charge in [0.05, 0.1) is 0 Å². The van der Waals surface area contributed by atoms with Crippen molar-refractivity contribution in [2.75, 3.05) is 24.3 Å². The Balaban J connectivity index is 1.64. The van der Waals surface area contributed by atoms with Crippen molar-refractivity contribution in [3.63, 3.8) is 0 Å². The van der Waals surface area contributed by atoms with Crippen molar-refractivity contribution in [2.45, 2.75) is 13.5 Å². The molecule has 0 heterocycles. The van der Waals surface area contributed by atoms with Crippen molar-refractivity contribution in [3.8, 4) is 0 Å². The molecule has 2 heteroatoms. The Bertz CT molecular complexity index is 858. The number of nitrogens with one attached hydrogen (secondary N) is 1. The number of rotatable bonds is 6. The number of hydrogen-bond acceptors (Lipinski definition) is 2. The van der Waals surface area contributed by atoms with Gasteiger partial charge in [-0.05, 0) is 53.5 Å². The molecule has 0 saturated carbocycles. The Morgan fingerprint density at radius 2 is 1.35 bits per heavy atom. The van der Waals surface area contributed by atoms with E-state index in [4.69, 9.17) is 0 Å². The monoisotopic (exact) mass is 342 g/mol. The standard InChI is InChI=1S/C24H26N2/c1-18-5-7-20(8-6-18)17-25-23-13-9-21(10-14-23)19(2)22-11-15-24(16-12-22)26(3)4/h5-16,25H,2,17H2,1,3-4H3. The predicted molar refractivity (Wildman–Crippen MR) is 114 cm³/mol. The van der Waals surface area contributed by atoms with E-state index in [-0.39, 0.29) is 0 Å². The summed E-state index contributed by atoms with van der Waals surface area (Å²) in [6.07, 6.45) is 0. The molecule has 0 aromatic heterocycles. The molecule has 26 heavy (non-hydrogen) atoms. The van der Waals surface area contributed by atoms with Crippen molar-refractivity contribution in [2.24, 2.45) is 0 Å². The molecule has 3 aromatic carbocycles. The van der Waals surface area contributed by atoms with Crippen LogP contribution in [-0.4, -0.2) is 14.1 Å². The van der Waals surface area contributed by atoms with Crippen LogP contribution in [0.4, 0.5) is 11.4 Å². The van der Waals surface area contributed by atoms with E-state index in [1.807, 2.05) is 14.1 Å². The van der Waals surface area contributed by atoms with Gasteiger partial charge in [-0.1, -0.05) is 60.7 Å². The molecule has 0 radical (unpaired) electrons. The molecule has 0 spiro atoms. The van der Waals surface area contributed by atoms with Crippen LogP contribution in [0.3, 0.4) is 0 Å². The third kappa shape index (κ3) is 4.34. The summed E-state index contributed by atoms with van der Waals surface area (Å²) in [6, 6.07) is 25.6. The Morgan fingerprint density at radius 3 is 1.88 bits per heavy atom. The zero-order valence-corrected chi connectivity index (χ0v) is 15.8. The lowest BCUT2D eigenvalue weighted by Crippen LogP contribution is -2.08. The summed E-state index contributed by atoms with van der Waals surface area (Å²) in [7, 11) is 4.10. The molecular weight excluding hydrogens is 316 g/mol. The van der Waals surface area contributed by atoms with Crippen LogP contribution in [0.15, 0.2) is 79.4 Å². The summed E-state index contributed by atoms with van der Waals surface area (Å²) in [4.78, 5) is 2.10. The van der Waals surface area contributed by atoms with Crippen molar-refractivity contribution in [3.05, 3.63) is 102 Å². The van der Waals surface area contributed by atoms with E-state index in [2.05, 4.69) is 96.5 Å². The van der Waals surface area contributed by atoms with Gasteiger partial charge in [0, 0.05) is 32.0 Å². The molecule has 0 atom stereocenters. The quantitative estimate of drug-likeness (QED) is 0.615. The predicted octanol–water partition coefficient (Wildman–Crippen LogP) is 5.73. The maximum atomic E-state index is 4.27. The van der Waals surface area contributed by atoms with Crippen LogP contribution in [0.5, 0.6) is 0 Å². The maximum Gasteiger partial charge on any atom is 0.0400 e. The number of anilines is 2. The summed E-state index contributed by atoms with van der Waals surface area (Å²) < 4.78 is 0. The molecule has 0 bridgehead atoms. The minimum absolute atomic E-state index is 0.826. The molecule has 0 aliphatic carbocycles. The van der Waals surface area contributed by atoms with Crippen LogP contribution in [-0.2, 0) is 6.54 Å². The summed E-state index contributed by atoms with van der Waals surface area (Å²) in [5.74, 6) is 0. The summed E-state index contributed by atoms with van der Waals surface area (Å²) in [6.45, 7) is 7.20. The second-order valence-corrected chi connectivity index (χ2v) is 6.84. The molecular formula is C24H26N2. The fourth-order valence-electron chi connectivity index (χ4n) is 2.83. The first-order chi connectivity index (χ1) is 12.5. The van der Waals surface area contributed by atoms with Gasteiger partial charge in [-0.25, -0.2) is 0 Å². The highest BCUT2D eigenvalue weighted by Gasteiger charge is 2.04. The SMILES string of the molecule is C=C(c1ccc(NCc2ccc(C)cc2)cc1)c1ccc(N(C)C)cc1. The van der Waals surface area contributed by atoms with Gasteiger partial charge in [-0.3, -0.25) is 0 Å². The van der Waals surface area contributed by atoms with Crippen LogP contribution >= 0.6 is 0 Å². The first-order valence-electron chi connectivity index (χ1n) is 8.89. The summed E-state index contributed by atoms with van der Waals surface area (Å²) in [5, 5.41) is 3.47. The van der Waals surface area contributed by atoms with Gasteiger partial charge in [-0.15, -0.1) is 0 Å². The molecule has 0 saturated heterocycles. The molecule has 0 aliphatic rings. The average Bonchev–Trinajstić information content (AvgIpc) is 2.67. The fourth-order valence-corrected chi connectivity index (χ4v) is 2.83. The highest BCUT2D eigenvalue weighted by atomic mass is 15.1. The van der Waals surface area contributed by atoms with Gasteiger partial charge >= 0.3 is 0 Å². The van der Waals surface area contributed by atoms with E-state index < -0.39 is 0 Å². The fraction of sp³-hybridized carbons (Fsp3) is 0.167. The van der Waals surface area contributed by atoms with E-state index in [0.29, 0.717) is 0 Å². The minimum atomic E-state index is 0.826. The van der Waals surface area contributed by atoms with Gasteiger partial charge < -0.3 is 10.2 Å². The number of nitrogens with zero attached hydrogens (tertiary/aromatic N) is 1. The highest BCUT2D eigenvalue weighted by Crippen LogP contribution is 2.25. The van der Waals surface area contributed by atoms with Crippen molar-refractivity contribution in [1.82, 2.24) is 0 Å². The Hall–Kier alpha value is -3.00. The maximum absolute atomic E-state index is 4.27. The lowest BCUT2D eigenvalue weighted by atomic mass is 9.99. The summed E-state index contributed by atoms with van der Waals surface area (Å²) >= 11 is 0. The van der Waals surface area contributed by atoms with E-state index in [1.54, 1.807) is 0 Å². The largest absolute Gasteiger partial charge is 0.381 e. The molecule has 132 valence electrons. The first-order valence-corrected chi connectivity index (χ1v) is 8.89. The van der Waals surface area contributed by atoms with Gasteiger partial charge in [0.25, 0.3) is 0 Å². The van der Waals surface area contributed by atoms with Gasteiger partial charge in [-0.2, -0.15) is 0 Å². The Labute approximate surface area is 156 Å². The molecule has 0 amide bonds. The van der Waals surface area contributed by atoms with E-state index >= 15 is 0 Å². The molecule has 0 fully saturated rings. The van der Waals surface area contributed by atoms with Crippen molar-refractivity contribution >= 4 is 16.9 Å². The molecule has 3 aromatic rings. The van der Waals surface area contributed by atoms with Crippen LogP contribution in [0.2, 0.25) is 0 Å². The minimum Gasteiger partial charge on any atom is -0.381 e. The normalized spacial score (nSPS) is 10.4. The van der Waals surface area contributed by atoms with Crippen LogP contribution < -0.4 is 10.2 Å². The number of hydrogen-bond donors (Lipinski definition) is 1. The van der Waals surface area contributed by atoms with Gasteiger partial charge in [0.1, 0.15) is 0 Å². The van der Waals surface area contributed by atoms with Gasteiger partial charge in [0.15, 0.2) is 0 Å². The number of benzene rings is 3. The van der Waals surface area contributed by atoms with Gasteiger partial charge in [0.2, 0.25) is 0 Å². The molecule has 1 N–H and O–H groups in total. The van der Waals surface area contributed by atoms with Crippen LogP contribution in [0.25, 0.3) is 5.57 Å². The van der Waals surface area contributed by atoms with Crippen LogP contribution in [0, 0.1) is 6.92 Å². The number of aryl methyl sites for hydroxylation is 1. The van der Waals surface area contributed by atoms with E-state index in [0.717, 1.165) is 28.9 Å². The van der Waals surface area contributed by atoms with Crippen molar-refractivity contribution in [1.29, 1.82) is 0 Å². The molecule has 2 nitrogen and oxygen atoms in total. The average molecular weight is 342 g/mol. The second-order valence-electron chi connectivity index (χ2n) is 6.84. The third-order valence-corrected chi connectivity index (χ3v) is 4.58. The lowest BCUT2D eigenvalue weighted by Gasteiger charge is -2.14. The molecule has 0 aliphatic heterocycles. The highest BCUT2D eigenvalue weighted by molar-refractivity contribution is 5.79.